The van der Waals surface area contributed by atoms with Gasteiger partial charge in [-0.2, -0.15) is 0 Å². The smallest absolute Gasteiger partial charge is 0.260 e. The Hall–Kier alpha value is -1.36. The Balaban J connectivity index is 2.29. The van der Waals surface area contributed by atoms with Crippen molar-refractivity contribution in [2.75, 3.05) is 13.2 Å². The first-order valence-corrected chi connectivity index (χ1v) is 6.55. The van der Waals surface area contributed by atoms with Crippen LogP contribution in [0.25, 0.3) is 0 Å². The Bertz CT molecular complexity index is 419. The topological polar surface area (TPSA) is 50.7 Å². The number of nitrogens with one attached hydrogen (secondary N) is 1. The van der Waals surface area contributed by atoms with E-state index >= 15 is 0 Å². The quantitative estimate of drug-likeness (QED) is 0.648. The van der Waals surface area contributed by atoms with Crippen molar-refractivity contribution in [3.8, 4) is 0 Å². The molecular weight excluding hydrogens is 296 g/mol. The third-order valence-electron chi connectivity index (χ3n) is 2.07. The van der Waals surface area contributed by atoms with Crippen LogP contribution in [0, 0.1) is 5.92 Å². The Morgan fingerprint density at radius 2 is 2.22 bits per heavy atom. The minimum Gasteiger partial charge on any atom is -0.386 e. The van der Waals surface area contributed by atoms with Crippen molar-refractivity contribution in [2.45, 2.75) is 13.8 Å². The van der Waals surface area contributed by atoms with Crippen LogP contribution in [-0.2, 0) is 9.63 Å². The van der Waals surface area contributed by atoms with Crippen molar-refractivity contribution in [2.24, 2.45) is 11.1 Å². The molecule has 1 aromatic rings. The molecule has 0 fully saturated rings. The molecule has 0 aliphatic carbocycles. The standard InChI is InChI=1S/C13H17BrN2O2/c1-10(2)7-15-13(17)9-18-16-8-11-5-3-4-6-12(11)14/h3-6,8,10H,7,9H2,1-2H3,(H,15,17)/b16-8-. The lowest BCUT2D eigenvalue weighted by atomic mass is 10.2. The maximum Gasteiger partial charge on any atom is 0.260 e. The molecule has 0 bridgehead atoms. The second-order valence-corrected chi connectivity index (χ2v) is 5.08. The number of benzene rings is 1. The highest BCUT2D eigenvalue weighted by Gasteiger charge is 2.01. The van der Waals surface area contributed by atoms with Gasteiger partial charge < -0.3 is 10.2 Å². The van der Waals surface area contributed by atoms with E-state index in [0.29, 0.717) is 12.5 Å². The van der Waals surface area contributed by atoms with Gasteiger partial charge in [0.05, 0.1) is 6.21 Å². The Labute approximate surface area is 116 Å². The van der Waals surface area contributed by atoms with E-state index in [1.54, 1.807) is 6.21 Å². The van der Waals surface area contributed by atoms with Crippen molar-refractivity contribution < 1.29 is 9.63 Å². The average molecular weight is 313 g/mol. The Kier molecular flexibility index (Phi) is 6.43. The molecule has 0 heterocycles. The predicted octanol–water partition coefficient (Wildman–Crippen LogP) is 2.57. The highest BCUT2D eigenvalue weighted by molar-refractivity contribution is 9.10. The molecule has 0 atom stereocenters. The normalized spacial score (nSPS) is 10.9. The van der Waals surface area contributed by atoms with E-state index in [1.807, 2.05) is 38.1 Å². The number of carbonyl (C=O) groups excluding carboxylic acids is 1. The Morgan fingerprint density at radius 1 is 1.50 bits per heavy atom. The first-order chi connectivity index (χ1) is 8.59. The molecule has 0 unspecified atom stereocenters. The molecule has 18 heavy (non-hydrogen) atoms. The van der Waals surface area contributed by atoms with E-state index < -0.39 is 0 Å². The molecule has 0 aromatic heterocycles. The zero-order valence-electron chi connectivity index (χ0n) is 10.5. The van der Waals surface area contributed by atoms with Gasteiger partial charge in [-0.15, -0.1) is 0 Å². The van der Waals surface area contributed by atoms with Crippen LogP contribution in [0.3, 0.4) is 0 Å². The summed E-state index contributed by atoms with van der Waals surface area (Å²) in [6.07, 6.45) is 1.57. The van der Waals surface area contributed by atoms with Crippen LogP contribution in [0.15, 0.2) is 33.9 Å². The van der Waals surface area contributed by atoms with Gasteiger partial charge >= 0.3 is 0 Å². The first kappa shape index (κ1) is 14.7. The summed E-state index contributed by atoms with van der Waals surface area (Å²) < 4.78 is 0.932. The Morgan fingerprint density at radius 3 is 2.89 bits per heavy atom. The molecule has 0 aliphatic rings. The van der Waals surface area contributed by atoms with Gasteiger partial charge in [0, 0.05) is 16.6 Å². The highest BCUT2D eigenvalue weighted by atomic mass is 79.9. The summed E-state index contributed by atoms with van der Waals surface area (Å²) in [5, 5.41) is 6.50. The number of hydrogen-bond acceptors (Lipinski definition) is 3. The number of halogens is 1. The van der Waals surface area contributed by atoms with Gasteiger partial charge in [0.2, 0.25) is 0 Å². The first-order valence-electron chi connectivity index (χ1n) is 5.76. The third kappa shape index (κ3) is 5.82. The van der Waals surface area contributed by atoms with Gasteiger partial charge in [-0.25, -0.2) is 0 Å². The predicted molar refractivity (Wildman–Crippen MR) is 75.5 cm³/mol. The van der Waals surface area contributed by atoms with Crippen LogP contribution in [0.1, 0.15) is 19.4 Å². The lowest BCUT2D eigenvalue weighted by molar-refractivity contribution is -0.125. The number of rotatable bonds is 6. The number of oxime groups is 1. The van der Waals surface area contributed by atoms with Crippen LogP contribution < -0.4 is 5.32 Å². The zero-order valence-corrected chi connectivity index (χ0v) is 12.1. The lowest BCUT2D eigenvalue weighted by Gasteiger charge is -2.06. The minimum atomic E-state index is -0.159. The fourth-order valence-electron chi connectivity index (χ4n) is 1.14. The van der Waals surface area contributed by atoms with Crippen LogP contribution in [0.4, 0.5) is 0 Å². The fraction of sp³-hybridized carbons (Fsp3) is 0.385. The summed E-state index contributed by atoms with van der Waals surface area (Å²) in [7, 11) is 0. The summed E-state index contributed by atoms with van der Waals surface area (Å²) in [6.45, 7) is 4.66. The molecule has 0 radical (unpaired) electrons. The molecule has 1 rings (SSSR count). The van der Waals surface area contributed by atoms with E-state index in [2.05, 4.69) is 26.4 Å². The zero-order chi connectivity index (χ0) is 13.4. The summed E-state index contributed by atoms with van der Waals surface area (Å²) in [6, 6.07) is 7.63. The number of hydrogen-bond donors (Lipinski definition) is 1. The second-order valence-electron chi connectivity index (χ2n) is 4.23. The minimum absolute atomic E-state index is 0.0618. The summed E-state index contributed by atoms with van der Waals surface area (Å²) in [5.41, 5.74) is 0.903. The van der Waals surface area contributed by atoms with Crippen molar-refractivity contribution in [1.82, 2.24) is 5.32 Å². The van der Waals surface area contributed by atoms with Gasteiger partial charge in [0.1, 0.15) is 0 Å². The fourth-order valence-corrected chi connectivity index (χ4v) is 1.53. The summed E-state index contributed by atoms with van der Waals surface area (Å²) in [4.78, 5) is 16.2. The molecule has 1 N–H and O–H groups in total. The average Bonchev–Trinajstić information content (AvgIpc) is 2.34. The maximum atomic E-state index is 11.3. The number of nitrogens with zero attached hydrogens (tertiary/aromatic N) is 1. The largest absolute Gasteiger partial charge is 0.386 e. The SMILES string of the molecule is CC(C)CNC(=O)CO/N=C\c1ccccc1Br. The molecule has 4 nitrogen and oxygen atoms in total. The summed E-state index contributed by atoms with van der Waals surface area (Å²) >= 11 is 3.39. The van der Waals surface area contributed by atoms with Crippen LogP contribution in [-0.4, -0.2) is 25.3 Å². The van der Waals surface area contributed by atoms with Crippen LogP contribution in [0.5, 0.6) is 0 Å². The summed E-state index contributed by atoms with van der Waals surface area (Å²) in [5.74, 6) is 0.269. The van der Waals surface area contributed by atoms with E-state index in [0.717, 1.165) is 10.0 Å². The molecular formula is C13H17BrN2O2. The number of amides is 1. The molecule has 0 saturated carbocycles. The van der Waals surface area contributed by atoms with Crippen LogP contribution in [0.2, 0.25) is 0 Å². The van der Waals surface area contributed by atoms with E-state index in [9.17, 15) is 4.79 Å². The van der Waals surface area contributed by atoms with Gasteiger partial charge in [-0.1, -0.05) is 53.1 Å². The third-order valence-corrected chi connectivity index (χ3v) is 2.80. The number of carbonyl (C=O) groups is 1. The molecule has 1 amide bonds. The molecule has 0 spiro atoms. The van der Waals surface area contributed by atoms with Crippen molar-refractivity contribution in [3.63, 3.8) is 0 Å². The van der Waals surface area contributed by atoms with Gasteiger partial charge in [-0.05, 0) is 12.0 Å². The van der Waals surface area contributed by atoms with E-state index in [1.165, 1.54) is 0 Å². The highest BCUT2D eigenvalue weighted by Crippen LogP contribution is 2.13. The van der Waals surface area contributed by atoms with Crippen molar-refractivity contribution >= 4 is 28.1 Å². The van der Waals surface area contributed by atoms with E-state index in [4.69, 9.17) is 4.84 Å². The van der Waals surface area contributed by atoms with E-state index in [-0.39, 0.29) is 12.5 Å². The monoisotopic (exact) mass is 312 g/mol. The van der Waals surface area contributed by atoms with Crippen molar-refractivity contribution in [1.29, 1.82) is 0 Å². The van der Waals surface area contributed by atoms with Gasteiger partial charge in [-0.3, -0.25) is 4.79 Å². The molecule has 0 aliphatic heterocycles. The van der Waals surface area contributed by atoms with Crippen LogP contribution >= 0.6 is 15.9 Å². The molecule has 0 saturated heterocycles. The second kappa shape index (κ2) is 7.87. The lowest BCUT2D eigenvalue weighted by Crippen LogP contribution is -2.30. The van der Waals surface area contributed by atoms with Crippen molar-refractivity contribution in [3.05, 3.63) is 34.3 Å². The maximum absolute atomic E-state index is 11.3. The molecule has 1 aromatic carbocycles. The molecule has 5 heteroatoms. The van der Waals surface area contributed by atoms with Gasteiger partial charge in [0.25, 0.3) is 5.91 Å². The van der Waals surface area contributed by atoms with Gasteiger partial charge in [0.15, 0.2) is 6.61 Å². The molecule has 98 valence electrons.